The second-order valence-corrected chi connectivity index (χ2v) is 3.23. The van der Waals surface area contributed by atoms with Crippen molar-refractivity contribution in [1.82, 2.24) is 10.2 Å². The van der Waals surface area contributed by atoms with E-state index < -0.39 is 11.4 Å². The Morgan fingerprint density at radius 1 is 1.67 bits per heavy atom. The number of carboxylic acid groups (broad SMARTS) is 1. The van der Waals surface area contributed by atoms with Gasteiger partial charge in [-0.1, -0.05) is 6.42 Å². The number of hydrogen-bond donors (Lipinski definition) is 2. The summed E-state index contributed by atoms with van der Waals surface area (Å²) in [5.74, 6) is -0.727. The van der Waals surface area contributed by atoms with E-state index in [1.165, 1.54) is 0 Å². The zero-order valence-corrected chi connectivity index (χ0v) is 6.58. The van der Waals surface area contributed by atoms with E-state index in [0.717, 1.165) is 24.8 Å². The van der Waals surface area contributed by atoms with Gasteiger partial charge in [-0.25, -0.2) is 0 Å². The van der Waals surface area contributed by atoms with Crippen LogP contribution < -0.4 is 0 Å². The standard InChI is InChI=1S/C8H10N2O2/c11-7(12)8(2-1-3-8)6-4-9-10-5-6/h4-5H,1-3H2,(H,9,10)(H,11,12). The van der Waals surface area contributed by atoms with Gasteiger partial charge in [-0.2, -0.15) is 5.10 Å². The first-order valence-corrected chi connectivity index (χ1v) is 3.98. The minimum absolute atomic E-state index is 0.632. The molecule has 4 nitrogen and oxygen atoms in total. The molecular formula is C8H10N2O2. The van der Waals surface area contributed by atoms with Gasteiger partial charge in [0.2, 0.25) is 0 Å². The molecule has 1 saturated carbocycles. The first-order chi connectivity index (χ1) is 5.76. The highest BCUT2D eigenvalue weighted by molar-refractivity contribution is 5.82. The van der Waals surface area contributed by atoms with Crippen molar-refractivity contribution in [2.24, 2.45) is 0 Å². The highest BCUT2D eigenvalue weighted by Gasteiger charge is 2.46. The number of H-pyrrole nitrogens is 1. The highest BCUT2D eigenvalue weighted by atomic mass is 16.4. The molecule has 0 aliphatic heterocycles. The normalized spacial score (nSPS) is 20.0. The van der Waals surface area contributed by atoms with Crippen LogP contribution in [0, 0.1) is 0 Å². The summed E-state index contributed by atoms with van der Waals surface area (Å²) >= 11 is 0. The average Bonchev–Trinajstić information content (AvgIpc) is 2.35. The van der Waals surface area contributed by atoms with E-state index in [1.807, 2.05) is 0 Å². The molecule has 0 bridgehead atoms. The Morgan fingerprint density at radius 3 is 2.75 bits per heavy atom. The monoisotopic (exact) mass is 166 g/mol. The summed E-state index contributed by atoms with van der Waals surface area (Å²) in [5, 5.41) is 15.4. The predicted molar refractivity (Wildman–Crippen MR) is 41.8 cm³/mol. The molecule has 64 valence electrons. The molecule has 4 heteroatoms. The van der Waals surface area contributed by atoms with Gasteiger partial charge in [-0.15, -0.1) is 0 Å². The summed E-state index contributed by atoms with van der Waals surface area (Å²) in [6, 6.07) is 0. The molecule has 0 unspecified atom stereocenters. The fourth-order valence-corrected chi connectivity index (χ4v) is 1.67. The zero-order valence-electron chi connectivity index (χ0n) is 6.58. The van der Waals surface area contributed by atoms with Gasteiger partial charge in [0, 0.05) is 11.8 Å². The Balaban J connectivity index is 2.35. The summed E-state index contributed by atoms with van der Waals surface area (Å²) < 4.78 is 0. The third kappa shape index (κ3) is 0.776. The van der Waals surface area contributed by atoms with Crippen molar-refractivity contribution < 1.29 is 9.90 Å². The summed E-state index contributed by atoms with van der Waals surface area (Å²) in [6.07, 6.45) is 5.75. The van der Waals surface area contributed by atoms with Gasteiger partial charge in [-0.3, -0.25) is 9.89 Å². The molecule has 0 aromatic carbocycles. The molecule has 0 spiro atoms. The number of hydrogen-bond acceptors (Lipinski definition) is 2. The maximum absolute atomic E-state index is 11.0. The number of carboxylic acids is 1. The van der Waals surface area contributed by atoms with Crippen LogP contribution in [-0.2, 0) is 10.2 Å². The van der Waals surface area contributed by atoms with Crippen LogP contribution in [0.4, 0.5) is 0 Å². The second kappa shape index (κ2) is 2.33. The summed E-state index contributed by atoms with van der Waals surface area (Å²) in [7, 11) is 0. The van der Waals surface area contributed by atoms with Crippen LogP contribution in [0.2, 0.25) is 0 Å². The molecule has 0 saturated heterocycles. The molecule has 1 heterocycles. The van der Waals surface area contributed by atoms with Crippen LogP contribution >= 0.6 is 0 Å². The molecule has 12 heavy (non-hydrogen) atoms. The SMILES string of the molecule is O=C(O)C1(c2cn[nH]c2)CCC1. The number of aromatic amines is 1. The van der Waals surface area contributed by atoms with Crippen molar-refractivity contribution in [2.75, 3.05) is 0 Å². The van der Waals surface area contributed by atoms with E-state index >= 15 is 0 Å². The van der Waals surface area contributed by atoms with Crippen molar-refractivity contribution in [2.45, 2.75) is 24.7 Å². The lowest BCUT2D eigenvalue weighted by atomic mass is 9.65. The molecule has 0 atom stereocenters. The average molecular weight is 166 g/mol. The Labute approximate surface area is 69.6 Å². The van der Waals surface area contributed by atoms with Crippen LogP contribution in [0.15, 0.2) is 12.4 Å². The van der Waals surface area contributed by atoms with Gasteiger partial charge in [0.1, 0.15) is 0 Å². The van der Waals surface area contributed by atoms with Crippen molar-refractivity contribution in [3.05, 3.63) is 18.0 Å². The third-order valence-electron chi connectivity index (χ3n) is 2.67. The molecule has 1 aliphatic rings. The summed E-state index contributed by atoms with van der Waals surface area (Å²) in [6.45, 7) is 0. The van der Waals surface area contributed by atoms with Crippen LogP contribution in [0.5, 0.6) is 0 Å². The van der Waals surface area contributed by atoms with E-state index in [-0.39, 0.29) is 0 Å². The molecule has 1 aliphatic carbocycles. The molecule has 0 amide bonds. The molecule has 1 aromatic rings. The Bertz CT molecular complexity index is 288. The van der Waals surface area contributed by atoms with Crippen LogP contribution in [-0.4, -0.2) is 21.3 Å². The van der Waals surface area contributed by atoms with Gasteiger partial charge >= 0.3 is 5.97 Å². The maximum Gasteiger partial charge on any atom is 0.314 e. The fourth-order valence-electron chi connectivity index (χ4n) is 1.67. The molecule has 2 rings (SSSR count). The number of aromatic nitrogens is 2. The van der Waals surface area contributed by atoms with Crippen LogP contribution in [0.1, 0.15) is 24.8 Å². The summed E-state index contributed by atoms with van der Waals surface area (Å²) in [4.78, 5) is 11.0. The lowest BCUT2D eigenvalue weighted by Crippen LogP contribution is -2.41. The van der Waals surface area contributed by atoms with E-state index in [9.17, 15) is 4.79 Å². The van der Waals surface area contributed by atoms with Crippen molar-refractivity contribution in [3.63, 3.8) is 0 Å². The molecule has 2 N–H and O–H groups in total. The third-order valence-corrected chi connectivity index (χ3v) is 2.67. The smallest absolute Gasteiger partial charge is 0.314 e. The van der Waals surface area contributed by atoms with Gasteiger partial charge in [-0.05, 0) is 12.8 Å². The molecule has 0 radical (unpaired) electrons. The second-order valence-electron chi connectivity index (χ2n) is 3.23. The van der Waals surface area contributed by atoms with Gasteiger partial charge in [0.15, 0.2) is 0 Å². The quantitative estimate of drug-likeness (QED) is 0.686. The van der Waals surface area contributed by atoms with Crippen LogP contribution in [0.25, 0.3) is 0 Å². The molecule has 1 fully saturated rings. The van der Waals surface area contributed by atoms with Crippen molar-refractivity contribution in [3.8, 4) is 0 Å². The Hall–Kier alpha value is -1.32. The van der Waals surface area contributed by atoms with Crippen LogP contribution in [0.3, 0.4) is 0 Å². The van der Waals surface area contributed by atoms with Gasteiger partial charge in [0.25, 0.3) is 0 Å². The number of nitrogens with zero attached hydrogens (tertiary/aromatic N) is 1. The highest BCUT2D eigenvalue weighted by Crippen LogP contribution is 2.43. The Morgan fingerprint density at radius 2 is 2.42 bits per heavy atom. The Kier molecular flexibility index (Phi) is 1.43. The molecular weight excluding hydrogens is 156 g/mol. The largest absolute Gasteiger partial charge is 0.481 e. The van der Waals surface area contributed by atoms with E-state index in [4.69, 9.17) is 5.11 Å². The van der Waals surface area contributed by atoms with Crippen molar-refractivity contribution in [1.29, 1.82) is 0 Å². The van der Waals surface area contributed by atoms with Gasteiger partial charge in [0.05, 0.1) is 11.6 Å². The first kappa shape index (κ1) is 7.34. The van der Waals surface area contributed by atoms with E-state index in [1.54, 1.807) is 12.4 Å². The van der Waals surface area contributed by atoms with Crippen molar-refractivity contribution >= 4 is 5.97 Å². The van der Waals surface area contributed by atoms with Gasteiger partial charge < -0.3 is 5.11 Å². The molecule has 1 aromatic heterocycles. The first-order valence-electron chi connectivity index (χ1n) is 3.98. The lowest BCUT2D eigenvalue weighted by Gasteiger charge is -2.36. The number of nitrogens with one attached hydrogen (secondary N) is 1. The number of rotatable bonds is 2. The summed E-state index contributed by atoms with van der Waals surface area (Å²) in [5.41, 5.74) is 0.175. The maximum atomic E-state index is 11.0. The lowest BCUT2D eigenvalue weighted by molar-refractivity contribution is -0.147. The predicted octanol–water partition coefficient (Wildman–Crippen LogP) is 0.916. The number of aliphatic carboxylic acids is 1. The topological polar surface area (TPSA) is 66.0 Å². The number of carbonyl (C=O) groups is 1. The van der Waals surface area contributed by atoms with E-state index in [0.29, 0.717) is 0 Å². The minimum atomic E-state index is -0.727. The fraction of sp³-hybridized carbons (Fsp3) is 0.500. The van der Waals surface area contributed by atoms with E-state index in [2.05, 4.69) is 10.2 Å². The zero-order chi connectivity index (χ0) is 8.60. The minimum Gasteiger partial charge on any atom is -0.481 e.